The molecule has 4 nitrogen and oxygen atoms in total. The van der Waals surface area contributed by atoms with Crippen molar-refractivity contribution in [2.45, 2.75) is 31.9 Å². The molecule has 1 saturated heterocycles. The number of nitrogens with zero attached hydrogens (tertiary/aromatic N) is 1. The molecule has 3 N–H and O–H groups in total. The highest BCUT2D eigenvalue weighted by Crippen LogP contribution is 2.16. The molecule has 1 aliphatic rings. The second kappa shape index (κ2) is 3.87. The monoisotopic (exact) mass is 172 g/mol. The van der Waals surface area contributed by atoms with Gasteiger partial charge in [0.1, 0.15) is 6.10 Å². The molecule has 1 fully saturated rings. The van der Waals surface area contributed by atoms with Crippen molar-refractivity contribution in [3.8, 4) is 0 Å². The number of nitrogens with two attached hydrogens (primary N) is 1. The van der Waals surface area contributed by atoms with E-state index in [0.29, 0.717) is 6.54 Å². The van der Waals surface area contributed by atoms with Gasteiger partial charge in [-0.2, -0.15) is 0 Å². The van der Waals surface area contributed by atoms with Gasteiger partial charge >= 0.3 is 0 Å². The maximum Gasteiger partial charge on any atom is 0.251 e. The average molecular weight is 172 g/mol. The maximum absolute atomic E-state index is 11.3. The largest absolute Gasteiger partial charge is 0.384 e. The van der Waals surface area contributed by atoms with Crippen molar-refractivity contribution in [2.24, 2.45) is 5.73 Å². The molecule has 70 valence electrons. The topological polar surface area (TPSA) is 66.6 Å². The summed E-state index contributed by atoms with van der Waals surface area (Å²) in [6, 6.07) is 0.145. The number of likely N-dealkylation sites (tertiary alicyclic amines) is 1. The molecule has 0 aromatic rings. The van der Waals surface area contributed by atoms with Gasteiger partial charge < -0.3 is 15.7 Å². The van der Waals surface area contributed by atoms with E-state index in [4.69, 9.17) is 10.8 Å². The van der Waals surface area contributed by atoms with Crippen LogP contribution in [0.3, 0.4) is 0 Å². The van der Waals surface area contributed by atoms with Crippen LogP contribution in [-0.4, -0.2) is 41.1 Å². The van der Waals surface area contributed by atoms with Crippen LogP contribution in [-0.2, 0) is 4.79 Å². The Morgan fingerprint density at radius 2 is 2.50 bits per heavy atom. The number of amides is 1. The summed E-state index contributed by atoms with van der Waals surface area (Å²) in [5, 5.41) is 9.06. The third kappa shape index (κ3) is 1.76. The minimum absolute atomic E-state index is 0.145. The Kier molecular flexibility index (Phi) is 3.05. The van der Waals surface area contributed by atoms with E-state index in [1.165, 1.54) is 6.92 Å². The zero-order valence-electron chi connectivity index (χ0n) is 7.36. The van der Waals surface area contributed by atoms with Gasteiger partial charge in [-0.1, -0.05) is 0 Å². The lowest BCUT2D eigenvalue weighted by Gasteiger charge is -2.24. The summed E-state index contributed by atoms with van der Waals surface area (Å²) >= 11 is 0. The molecule has 0 radical (unpaired) electrons. The molecule has 1 aliphatic heterocycles. The van der Waals surface area contributed by atoms with E-state index in [9.17, 15) is 4.79 Å². The molecule has 1 unspecified atom stereocenters. The van der Waals surface area contributed by atoms with Gasteiger partial charge in [0.05, 0.1) is 0 Å². The summed E-state index contributed by atoms with van der Waals surface area (Å²) in [4.78, 5) is 13.0. The predicted octanol–water partition coefficient (Wildman–Crippen LogP) is -0.683. The van der Waals surface area contributed by atoms with E-state index >= 15 is 0 Å². The molecular weight excluding hydrogens is 156 g/mol. The molecule has 2 atom stereocenters. The van der Waals surface area contributed by atoms with Crippen LogP contribution in [0.15, 0.2) is 0 Å². The zero-order chi connectivity index (χ0) is 9.14. The third-order valence-corrected chi connectivity index (χ3v) is 2.29. The number of hydrogen-bond donors (Lipinski definition) is 2. The van der Waals surface area contributed by atoms with Gasteiger partial charge in [0, 0.05) is 19.1 Å². The van der Waals surface area contributed by atoms with Gasteiger partial charge in [-0.25, -0.2) is 0 Å². The second-order valence-electron chi connectivity index (χ2n) is 3.24. The van der Waals surface area contributed by atoms with Crippen molar-refractivity contribution >= 4 is 5.91 Å². The highest BCUT2D eigenvalue weighted by molar-refractivity contribution is 5.80. The van der Waals surface area contributed by atoms with Crippen molar-refractivity contribution in [3.63, 3.8) is 0 Å². The molecule has 1 amide bonds. The molecule has 1 heterocycles. The lowest BCUT2D eigenvalue weighted by molar-refractivity contribution is -0.139. The van der Waals surface area contributed by atoms with Crippen LogP contribution in [0, 0.1) is 0 Å². The molecule has 0 aromatic carbocycles. The number of carbonyl (C=O) groups is 1. The molecule has 0 bridgehead atoms. The standard InChI is InChI=1S/C8H16N2O2/c1-6(11)8(12)10-4-2-3-7(10)5-9/h6-7,11H,2-5,9H2,1H3/t6-,7?/m0/s1. The Morgan fingerprint density at radius 3 is 3.00 bits per heavy atom. The smallest absolute Gasteiger partial charge is 0.251 e. The Bertz CT molecular complexity index is 170. The Hall–Kier alpha value is -0.610. The van der Waals surface area contributed by atoms with Crippen LogP contribution in [0.25, 0.3) is 0 Å². The summed E-state index contributed by atoms with van der Waals surface area (Å²) in [5.74, 6) is -0.192. The summed E-state index contributed by atoms with van der Waals surface area (Å²) in [7, 11) is 0. The van der Waals surface area contributed by atoms with Crippen molar-refractivity contribution in [1.29, 1.82) is 0 Å². The molecule has 0 aromatic heterocycles. The van der Waals surface area contributed by atoms with Gasteiger partial charge in [0.15, 0.2) is 0 Å². The Labute approximate surface area is 72.3 Å². The van der Waals surface area contributed by atoms with Crippen LogP contribution in [0.4, 0.5) is 0 Å². The Morgan fingerprint density at radius 1 is 1.83 bits per heavy atom. The summed E-state index contributed by atoms with van der Waals surface area (Å²) in [5.41, 5.74) is 5.49. The number of aliphatic hydroxyl groups is 1. The fourth-order valence-corrected chi connectivity index (χ4v) is 1.61. The van der Waals surface area contributed by atoms with Crippen LogP contribution < -0.4 is 5.73 Å². The summed E-state index contributed by atoms with van der Waals surface area (Å²) in [6.45, 7) is 2.73. The molecule has 4 heteroatoms. The average Bonchev–Trinajstić information content (AvgIpc) is 2.49. The molecule has 1 rings (SSSR count). The second-order valence-corrected chi connectivity index (χ2v) is 3.24. The number of aliphatic hydroxyl groups excluding tert-OH is 1. The van der Waals surface area contributed by atoms with Crippen LogP contribution >= 0.6 is 0 Å². The van der Waals surface area contributed by atoms with E-state index in [1.807, 2.05) is 0 Å². The summed E-state index contributed by atoms with van der Waals surface area (Å²) < 4.78 is 0. The first-order valence-corrected chi connectivity index (χ1v) is 4.35. The van der Waals surface area contributed by atoms with Gasteiger partial charge in [0.2, 0.25) is 0 Å². The molecule has 0 spiro atoms. The van der Waals surface area contributed by atoms with Crippen LogP contribution in [0.1, 0.15) is 19.8 Å². The van der Waals surface area contributed by atoms with E-state index in [-0.39, 0.29) is 11.9 Å². The fourth-order valence-electron chi connectivity index (χ4n) is 1.61. The first-order valence-electron chi connectivity index (χ1n) is 4.35. The van der Waals surface area contributed by atoms with E-state index in [0.717, 1.165) is 19.4 Å². The van der Waals surface area contributed by atoms with Crippen molar-refractivity contribution < 1.29 is 9.90 Å². The normalized spacial score (nSPS) is 25.9. The minimum atomic E-state index is -0.892. The lowest BCUT2D eigenvalue weighted by atomic mass is 10.2. The fraction of sp³-hybridized carbons (Fsp3) is 0.875. The van der Waals surface area contributed by atoms with Gasteiger partial charge in [-0.05, 0) is 19.8 Å². The van der Waals surface area contributed by atoms with E-state index < -0.39 is 6.10 Å². The highest BCUT2D eigenvalue weighted by Gasteiger charge is 2.29. The first-order chi connectivity index (χ1) is 5.66. The Balaban J connectivity index is 2.55. The summed E-state index contributed by atoms with van der Waals surface area (Å²) in [6.07, 6.45) is 1.08. The van der Waals surface area contributed by atoms with E-state index in [2.05, 4.69) is 0 Å². The maximum atomic E-state index is 11.3. The minimum Gasteiger partial charge on any atom is -0.384 e. The number of carbonyl (C=O) groups excluding carboxylic acids is 1. The van der Waals surface area contributed by atoms with Crippen molar-refractivity contribution in [2.75, 3.05) is 13.1 Å². The van der Waals surface area contributed by atoms with Crippen LogP contribution in [0.2, 0.25) is 0 Å². The zero-order valence-corrected chi connectivity index (χ0v) is 7.36. The van der Waals surface area contributed by atoms with Crippen molar-refractivity contribution in [3.05, 3.63) is 0 Å². The van der Waals surface area contributed by atoms with Gasteiger partial charge in [-0.3, -0.25) is 4.79 Å². The van der Waals surface area contributed by atoms with E-state index in [1.54, 1.807) is 4.90 Å². The molecular formula is C8H16N2O2. The SMILES string of the molecule is C[C@H](O)C(=O)N1CCCC1CN. The van der Waals surface area contributed by atoms with Crippen LogP contribution in [0.5, 0.6) is 0 Å². The van der Waals surface area contributed by atoms with Crippen molar-refractivity contribution in [1.82, 2.24) is 4.90 Å². The first kappa shape index (κ1) is 9.48. The quantitative estimate of drug-likeness (QED) is 0.580. The van der Waals surface area contributed by atoms with Gasteiger partial charge in [-0.15, -0.1) is 0 Å². The van der Waals surface area contributed by atoms with Gasteiger partial charge in [0.25, 0.3) is 5.91 Å². The lowest BCUT2D eigenvalue weighted by Crippen LogP contribution is -2.44. The number of rotatable bonds is 2. The molecule has 0 saturated carbocycles. The number of hydrogen-bond acceptors (Lipinski definition) is 3. The predicted molar refractivity (Wildman–Crippen MR) is 45.5 cm³/mol. The molecule has 0 aliphatic carbocycles. The third-order valence-electron chi connectivity index (χ3n) is 2.29. The highest BCUT2D eigenvalue weighted by atomic mass is 16.3. The molecule has 12 heavy (non-hydrogen) atoms.